The van der Waals surface area contributed by atoms with Crippen LogP contribution in [0, 0.1) is 13.8 Å². The van der Waals surface area contributed by atoms with Crippen molar-refractivity contribution in [1.29, 1.82) is 0 Å². The summed E-state index contributed by atoms with van der Waals surface area (Å²) in [6.07, 6.45) is 0. The molecule has 3 heteroatoms. The first-order chi connectivity index (χ1) is 9.65. The second-order valence-corrected chi connectivity index (χ2v) is 4.79. The van der Waals surface area contributed by atoms with E-state index in [0.717, 1.165) is 23.7 Å². The molecule has 0 atom stereocenters. The monoisotopic (exact) mass is 271 g/mol. The Bertz CT molecular complexity index is 573. The van der Waals surface area contributed by atoms with E-state index in [9.17, 15) is 0 Å². The van der Waals surface area contributed by atoms with Gasteiger partial charge in [0.1, 0.15) is 0 Å². The summed E-state index contributed by atoms with van der Waals surface area (Å²) < 4.78 is 10.6. The fourth-order valence-electron chi connectivity index (χ4n) is 2.26. The smallest absolute Gasteiger partial charge is 0.162 e. The van der Waals surface area contributed by atoms with Gasteiger partial charge in [-0.2, -0.15) is 0 Å². The van der Waals surface area contributed by atoms with Gasteiger partial charge in [-0.1, -0.05) is 18.2 Å². The zero-order valence-electron chi connectivity index (χ0n) is 12.5. The van der Waals surface area contributed by atoms with Crippen molar-refractivity contribution in [2.24, 2.45) is 0 Å². The maximum Gasteiger partial charge on any atom is 0.162 e. The molecule has 0 amide bonds. The minimum absolute atomic E-state index is 0.735. The molecular formula is C17H21NO2. The van der Waals surface area contributed by atoms with E-state index in [1.165, 1.54) is 16.7 Å². The van der Waals surface area contributed by atoms with Crippen LogP contribution in [0.4, 0.5) is 5.69 Å². The van der Waals surface area contributed by atoms with Gasteiger partial charge in [-0.15, -0.1) is 0 Å². The summed E-state index contributed by atoms with van der Waals surface area (Å²) in [6, 6.07) is 12.2. The van der Waals surface area contributed by atoms with Crippen LogP contribution in [-0.2, 0) is 6.54 Å². The van der Waals surface area contributed by atoms with Crippen LogP contribution in [0.1, 0.15) is 16.7 Å². The van der Waals surface area contributed by atoms with E-state index in [1.54, 1.807) is 14.2 Å². The molecule has 0 aliphatic rings. The van der Waals surface area contributed by atoms with Crippen LogP contribution in [0.5, 0.6) is 11.5 Å². The van der Waals surface area contributed by atoms with Crippen molar-refractivity contribution in [3.63, 3.8) is 0 Å². The van der Waals surface area contributed by atoms with E-state index in [-0.39, 0.29) is 0 Å². The molecule has 2 rings (SSSR count). The first kappa shape index (κ1) is 14.3. The summed E-state index contributed by atoms with van der Waals surface area (Å²) in [5, 5.41) is 3.43. The van der Waals surface area contributed by atoms with Crippen LogP contribution in [0.2, 0.25) is 0 Å². The third-order valence-electron chi connectivity index (χ3n) is 3.50. The standard InChI is InChI=1S/C17H21NO2/c1-12-6-5-7-13(2)15(12)11-18-14-8-9-16(19-3)17(10-14)20-4/h5-10,18H,11H2,1-4H3. The quantitative estimate of drug-likeness (QED) is 0.893. The Morgan fingerprint density at radius 1 is 0.900 bits per heavy atom. The maximum atomic E-state index is 5.31. The van der Waals surface area contributed by atoms with Gasteiger partial charge in [-0.25, -0.2) is 0 Å². The lowest BCUT2D eigenvalue weighted by Gasteiger charge is -2.14. The number of anilines is 1. The van der Waals surface area contributed by atoms with Gasteiger partial charge in [0.2, 0.25) is 0 Å². The number of ether oxygens (including phenoxy) is 2. The summed E-state index contributed by atoms with van der Waals surface area (Å²) in [5.74, 6) is 1.48. The van der Waals surface area contributed by atoms with E-state index in [0.29, 0.717) is 0 Å². The summed E-state index contributed by atoms with van der Waals surface area (Å²) in [4.78, 5) is 0. The topological polar surface area (TPSA) is 30.5 Å². The summed E-state index contributed by atoms with van der Waals surface area (Å²) in [5.41, 5.74) is 4.96. The second-order valence-electron chi connectivity index (χ2n) is 4.79. The molecule has 0 aromatic heterocycles. The average molecular weight is 271 g/mol. The third kappa shape index (κ3) is 3.05. The molecule has 106 valence electrons. The Morgan fingerprint density at radius 2 is 1.55 bits per heavy atom. The Hall–Kier alpha value is -2.16. The van der Waals surface area contributed by atoms with Gasteiger partial charge in [0.15, 0.2) is 11.5 Å². The second kappa shape index (κ2) is 6.33. The summed E-state index contributed by atoms with van der Waals surface area (Å²) in [6.45, 7) is 5.07. The maximum absolute atomic E-state index is 5.31. The van der Waals surface area contributed by atoms with Gasteiger partial charge < -0.3 is 14.8 Å². The molecule has 0 aliphatic heterocycles. The number of nitrogens with one attached hydrogen (secondary N) is 1. The number of hydrogen-bond donors (Lipinski definition) is 1. The molecule has 3 nitrogen and oxygen atoms in total. The first-order valence-corrected chi connectivity index (χ1v) is 6.66. The lowest BCUT2D eigenvalue weighted by Crippen LogP contribution is -2.03. The summed E-state index contributed by atoms with van der Waals surface area (Å²) >= 11 is 0. The van der Waals surface area contributed by atoms with Crippen molar-refractivity contribution in [2.75, 3.05) is 19.5 Å². The molecule has 0 saturated heterocycles. The minimum atomic E-state index is 0.735. The van der Waals surface area contributed by atoms with Crippen molar-refractivity contribution >= 4 is 5.69 Å². The largest absolute Gasteiger partial charge is 0.493 e. The molecule has 0 unspecified atom stereocenters. The van der Waals surface area contributed by atoms with Crippen LogP contribution >= 0.6 is 0 Å². The molecule has 20 heavy (non-hydrogen) atoms. The van der Waals surface area contributed by atoms with Gasteiger partial charge in [0.25, 0.3) is 0 Å². The molecule has 2 aromatic carbocycles. The van der Waals surface area contributed by atoms with Gasteiger partial charge >= 0.3 is 0 Å². The van der Waals surface area contributed by atoms with Crippen LogP contribution in [0.15, 0.2) is 36.4 Å². The fourth-order valence-corrected chi connectivity index (χ4v) is 2.26. The van der Waals surface area contributed by atoms with Gasteiger partial charge in [0.05, 0.1) is 14.2 Å². The Kier molecular flexibility index (Phi) is 4.51. The molecule has 0 radical (unpaired) electrons. The van der Waals surface area contributed by atoms with Crippen molar-refractivity contribution in [2.45, 2.75) is 20.4 Å². The van der Waals surface area contributed by atoms with Gasteiger partial charge in [-0.3, -0.25) is 0 Å². The molecule has 1 N–H and O–H groups in total. The average Bonchev–Trinajstić information content (AvgIpc) is 2.46. The van der Waals surface area contributed by atoms with Crippen molar-refractivity contribution < 1.29 is 9.47 Å². The van der Waals surface area contributed by atoms with Gasteiger partial charge in [-0.05, 0) is 42.7 Å². The minimum Gasteiger partial charge on any atom is -0.493 e. The van der Waals surface area contributed by atoms with Crippen molar-refractivity contribution in [3.8, 4) is 11.5 Å². The van der Waals surface area contributed by atoms with Crippen molar-refractivity contribution in [1.82, 2.24) is 0 Å². The lowest BCUT2D eigenvalue weighted by molar-refractivity contribution is 0.355. The fraction of sp³-hybridized carbons (Fsp3) is 0.294. The molecule has 2 aromatic rings. The molecule has 0 saturated carbocycles. The molecule has 0 fully saturated rings. The predicted molar refractivity (Wildman–Crippen MR) is 82.8 cm³/mol. The highest BCUT2D eigenvalue weighted by atomic mass is 16.5. The molecular weight excluding hydrogens is 250 g/mol. The molecule has 0 spiro atoms. The zero-order valence-corrected chi connectivity index (χ0v) is 12.5. The highest BCUT2D eigenvalue weighted by Crippen LogP contribution is 2.30. The van der Waals surface area contributed by atoms with E-state index < -0.39 is 0 Å². The molecule has 0 bridgehead atoms. The highest BCUT2D eigenvalue weighted by Gasteiger charge is 2.06. The normalized spacial score (nSPS) is 10.2. The lowest BCUT2D eigenvalue weighted by atomic mass is 10.0. The van der Waals surface area contributed by atoms with Crippen LogP contribution in [0.25, 0.3) is 0 Å². The van der Waals surface area contributed by atoms with E-state index in [1.807, 2.05) is 18.2 Å². The van der Waals surface area contributed by atoms with E-state index >= 15 is 0 Å². The Balaban J connectivity index is 2.15. The van der Waals surface area contributed by atoms with Gasteiger partial charge in [0, 0.05) is 18.3 Å². The highest BCUT2D eigenvalue weighted by molar-refractivity contribution is 5.55. The number of methoxy groups -OCH3 is 2. The summed E-state index contributed by atoms with van der Waals surface area (Å²) in [7, 11) is 3.29. The Morgan fingerprint density at radius 3 is 2.15 bits per heavy atom. The predicted octanol–water partition coefficient (Wildman–Crippen LogP) is 3.93. The first-order valence-electron chi connectivity index (χ1n) is 6.66. The number of benzene rings is 2. The molecule has 0 aliphatic carbocycles. The van der Waals surface area contributed by atoms with E-state index in [4.69, 9.17) is 9.47 Å². The van der Waals surface area contributed by atoms with Crippen molar-refractivity contribution in [3.05, 3.63) is 53.1 Å². The molecule has 0 heterocycles. The van der Waals surface area contributed by atoms with Crippen LogP contribution in [-0.4, -0.2) is 14.2 Å². The third-order valence-corrected chi connectivity index (χ3v) is 3.50. The van der Waals surface area contributed by atoms with Crippen LogP contribution in [0.3, 0.4) is 0 Å². The SMILES string of the molecule is COc1ccc(NCc2c(C)cccc2C)cc1OC. The van der Waals surface area contributed by atoms with Crippen LogP contribution < -0.4 is 14.8 Å². The number of aryl methyl sites for hydroxylation is 2. The Labute approximate surface area is 120 Å². The van der Waals surface area contributed by atoms with E-state index in [2.05, 4.69) is 37.4 Å². The number of rotatable bonds is 5. The number of hydrogen-bond acceptors (Lipinski definition) is 3. The zero-order chi connectivity index (χ0) is 14.5.